The molecule has 1 aromatic rings. The third kappa shape index (κ3) is 2.68. The Bertz CT molecular complexity index is 524. The van der Waals surface area contributed by atoms with Crippen LogP contribution in [0.3, 0.4) is 0 Å². The molecule has 100 valence electrons. The Hall–Kier alpha value is -1.05. The molecule has 2 rings (SSSR count). The highest BCUT2D eigenvalue weighted by Crippen LogP contribution is 2.18. The Morgan fingerprint density at radius 3 is 2.50 bits per heavy atom. The van der Waals surface area contributed by atoms with Crippen molar-refractivity contribution in [2.45, 2.75) is 37.9 Å². The van der Waals surface area contributed by atoms with Crippen LogP contribution in [0.2, 0.25) is 0 Å². The Morgan fingerprint density at radius 1 is 1.33 bits per heavy atom. The summed E-state index contributed by atoms with van der Waals surface area (Å²) in [6, 6.07) is 1.65. The minimum absolute atomic E-state index is 0.0977. The van der Waals surface area contributed by atoms with E-state index in [0.717, 1.165) is 12.8 Å². The average molecular weight is 270 g/mol. The third-order valence-corrected chi connectivity index (χ3v) is 4.61. The van der Waals surface area contributed by atoms with Gasteiger partial charge in [-0.25, -0.2) is 18.4 Å². The van der Waals surface area contributed by atoms with E-state index in [9.17, 15) is 8.42 Å². The van der Waals surface area contributed by atoms with E-state index in [2.05, 4.69) is 9.97 Å². The quantitative estimate of drug-likeness (QED) is 0.776. The lowest BCUT2D eigenvalue weighted by molar-refractivity contribution is 0.314. The van der Waals surface area contributed by atoms with E-state index in [4.69, 9.17) is 5.73 Å². The molecule has 1 aliphatic heterocycles. The summed E-state index contributed by atoms with van der Waals surface area (Å²) in [5, 5.41) is -0.117. The van der Waals surface area contributed by atoms with Gasteiger partial charge >= 0.3 is 0 Å². The molecule has 0 aliphatic carbocycles. The van der Waals surface area contributed by atoms with Gasteiger partial charge in [0, 0.05) is 30.5 Å². The number of aryl methyl sites for hydroxylation is 2. The summed E-state index contributed by atoms with van der Waals surface area (Å²) in [6.07, 6.45) is 1.64. The number of aromatic nitrogens is 2. The van der Waals surface area contributed by atoms with Crippen LogP contribution in [0.15, 0.2) is 11.2 Å². The zero-order valence-corrected chi connectivity index (χ0v) is 11.4. The van der Waals surface area contributed by atoms with Crippen molar-refractivity contribution in [3.05, 3.63) is 17.5 Å². The van der Waals surface area contributed by atoms with Crippen LogP contribution in [-0.2, 0) is 10.0 Å². The largest absolute Gasteiger partial charge is 0.327 e. The molecule has 7 heteroatoms. The second-order valence-electron chi connectivity index (χ2n) is 4.70. The molecule has 1 aromatic heterocycles. The monoisotopic (exact) mass is 270 g/mol. The predicted molar refractivity (Wildman–Crippen MR) is 67.5 cm³/mol. The van der Waals surface area contributed by atoms with Crippen molar-refractivity contribution in [1.29, 1.82) is 0 Å². The van der Waals surface area contributed by atoms with E-state index in [-0.39, 0.29) is 11.2 Å². The van der Waals surface area contributed by atoms with Crippen LogP contribution in [-0.4, -0.2) is 41.8 Å². The van der Waals surface area contributed by atoms with Gasteiger partial charge < -0.3 is 5.73 Å². The average Bonchev–Trinajstić information content (AvgIpc) is 2.27. The SMILES string of the molecule is Cc1cc(C)nc(S(=O)(=O)N2CCC[C@H](N)C2)n1. The molecular weight excluding hydrogens is 252 g/mol. The van der Waals surface area contributed by atoms with Gasteiger partial charge in [-0.3, -0.25) is 0 Å². The first-order valence-electron chi connectivity index (χ1n) is 5.97. The molecule has 2 heterocycles. The molecule has 0 spiro atoms. The molecule has 1 atom stereocenters. The summed E-state index contributed by atoms with van der Waals surface area (Å²) < 4.78 is 26.1. The Balaban J connectivity index is 2.35. The highest BCUT2D eigenvalue weighted by Gasteiger charge is 2.31. The van der Waals surface area contributed by atoms with Gasteiger partial charge in [0.05, 0.1) is 0 Å². The number of nitrogens with two attached hydrogens (primary N) is 1. The van der Waals surface area contributed by atoms with Gasteiger partial charge in [0.15, 0.2) is 0 Å². The van der Waals surface area contributed by atoms with Gasteiger partial charge in [0.2, 0.25) is 0 Å². The number of hydrogen-bond donors (Lipinski definition) is 1. The van der Waals surface area contributed by atoms with E-state index in [1.54, 1.807) is 19.9 Å². The van der Waals surface area contributed by atoms with Crippen LogP contribution >= 0.6 is 0 Å². The molecule has 0 aromatic carbocycles. The van der Waals surface area contributed by atoms with Crippen molar-refractivity contribution < 1.29 is 8.42 Å². The third-order valence-electron chi connectivity index (χ3n) is 2.95. The Labute approximate surface area is 107 Å². The summed E-state index contributed by atoms with van der Waals surface area (Å²) in [4.78, 5) is 8.05. The zero-order chi connectivity index (χ0) is 13.3. The lowest BCUT2D eigenvalue weighted by Crippen LogP contribution is -2.46. The van der Waals surface area contributed by atoms with Crippen LogP contribution in [0.5, 0.6) is 0 Å². The van der Waals surface area contributed by atoms with Crippen molar-refractivity contribution in [1.82, 2.24) is 14.3 Å². The van der Waals surface area contributed by atoms with Crippen molar-refractivity contribution in [3.8, 4) is 0 Å². The summed E-state index contributed by atoms with van der Waals surface area (Å²) in [6.45, 7) is 4.36. The van der Waals surface area contributed by atoms with E-state index >= 15 is 0 Å². The fourth-order valence-electron chi connectivity index (χ4n) is 2.12. The molecule has 18 heavy (non-hydrogen) atoms. The van der Waals surface area contributed by atoms with Gasteiger partial charge in [-0.1, -0.05) is 0 Å². The first kappa shape index (κ1) is 13.4. The van der Waals surface area contributed by atoms with Gasteiger partial charge in [0.25, 0.3) is 15.2 Å². The predicted octanol–water partition coefficient (Wildman–Crippen LogP) is 0.205. The van der Waals surface area contributed by atoms with E-state index < -0.39 is 10.0 Å². The summed E-state index contributed by atoms with van der Waals surface area (Å²) in [5.41, 5.74) is 7.12. The maximum absolute atomic E-state index is 12.4. The van der Waals surface area contributed by atoms with Crippen LogP contribution < -0.4 is 5.73 Å². The molecule has 0 bridgehead atoms. The second-order valence-corrected chi connectivity index (χ2v) is 6.53. The minimum atomic E-state index is -3.61. The van der Waals surface area contributed by atoms with Gasteiger partial charge in [-0.15, -0.1) is 0 Å². The van der Waals surface area contributed by atoms with E-state index in [0.29, 0.717) is 24.5 Å². The first-order chi connectivity index (χ1) is 8.39. The van der Waals surface area contributed by atoms with Crippen molar-refractivity contribution >= 4 is 10.0 Å². The lowest BCUT2D eigenvalue weighted by Gasteiger charge is -2.29. The molecule has 2 N–H and O–H groups in total. The molecule has 6 nitrogen and oxygen atoms in total. The molecule has 1 saturated heterocycles. The number of rotatable bonds is 2. The van der Waals surface area contributed by atoms with E-state index in [1.807, 2.05) is 0 Å². The van der Waals surface area contributed by atoms with Crippen molar-refractivity contribution in [3.63, 3.8) is 0 Å². The molecule has 0 amide bonds. The van der Waals surface area contributed by atoms with Crippen LogP contribution in [0.4, 0.5) is 0 Å². The van der Waals surface area contributed by atoms with Gasteiger partial charge in [0.1, 0.15) is 0 Å². The molecule has 0 saturated carbocycles. The summed E-state index contributed by atoms with van der Waals surface area (Å²) >= 11 is 0. The number of sulfonamides is 1. The number of piperidine rings is 1. The normalized spacial score (nSPS) is 22.1. The maximum atomic E-state index is 12.4. The molecule has 0 unspecified atom stereocenters. The molecule has 1 aliphatic rings. The highest BCUT2D eigenvalue weighted by molar-refractivity contribution is 7.88. The Kier molecular flexibility index (Phi) is 3.65. The lowest BCUT2D eigenvalue weighted by atomic mass is 10.1. The highest BCUT2D eigenvalue weighted by atomic mass is 32.2. The Morgan fingerprint density at radius 2 is 1.94 bits per heavy atom. The van der Waals surface area contributed by atoms with Crippen molar-refractivity contribution in [2.24, 2.45) is 5.73 Å². The molecular formula is C11H18N4O2S. The molecule has 1 fully saturated rings. The minimum Gasteiger partial charge on any atom is -0.327 e. The van der Waals surface area contributed by atoms with Crippen LogP contribution in [0.25, 0.3) is 0 Å². The smallest absolute Gasteiger partial charge is 0.278 e. The maximum Gasteiger partial charge on any atom is 0.278 e. The fraction of sp³-hybridized carbons (Fsp3) is 0.636. The first-order valence-corrected chi connectivity index (χ1v) is 7.41. The summed E-state index contributed by atoms with van der Waals surface area (Å²) in [7, 11) is -3.61. The fourth-order valence-corrected chi connectivity index (χ4v) is 3.62. The number of nitrogens with zero attached hydrogens (tertiary/aromatic N) is 3. The topological polar surface area (TPSA) is 89.2 Å². The standard InChI is InChI=1S/C11H18N4O2S/c1-8-6-9(2)14-11(13-8)18(16,17)15-5-3-4-10(12)7-15/h6,10H,3-5,7,12H2,1-2H3/t10-/m0/s1. The number of hydrogen-bond acceptors (Lipinski definition) is 5. The zero-order valence-electron chi connectivity index (χ0n) is 10.6. The summed E-state index contributed by atoms with van der Waals surface area (Å²) in [5.74, 6) is 0. The van der Waals surface area contributed by atoms with Gasteiger partial charge in [-0.05, 0) is 32.8 Å². The second kappa shape index (κ2) is 4.91. The van der Waals surface area contributed by atoms with Crippen LogP contribution in [0, 0.1) is 13.8 Å². The molecule has 0 radical (unpaired) electrons. The van der Waals surface area contributed by atoms with Crippen LogP contribution in [0.1, 0.15) is 24.2 Å². The van der Waals surface area contributed by atoms with Gasteiger partial charge in [-0.2, -0.15) is 4.31 Å². The van der Waals surface area contributed by atoms with Crippen molar-refractivity contribution in [2.75, 3.05) is 13.1 Å². The van der Waals surface area contributed by atoms with E-state index in [1.165, 1.54) is 4.31 Å².